The first kappa shape index (κ1) is 17.3. The number of carbonyl (C=O) groups excluding carboxylic acids is 1. The molecule has 0 radical (unpaired) electrons. The van der Waals surface area contributed by atoms with Crippen LogP contribution >= 0.6 is 0 Å². The highest BCUT2D eigenvalue weighted by molar-refractivity contribution is 5.87. The van der Waals surface area contributed by atoms with Gasteiger partial charge in [0.2, 0.25) is 5.92 Å². The van der Waals surface area contributed by atoms with E-state index in [0.29, 0.717) is 24.6 Å². The van der Waals surface area contributed by atoms with Gasteiger partial charge in [0.05, 0.1) is 0 Å². The number of piperidine rings is 1. The van der Waals surface area contributed by atoms with Crippen molar-refractivity contribution < 1.29 is 18.7 Å². The monoisotopic (exact) mass is 337 g/mol. The number of amides is 1. The molecule has 1 saturated heterocycles. The number of hydrogen-bond acceptors (Lipinski definition) is 2. The lowest BCUT2D eigenvalue weighted by molar-refractivity contribution is -0.161. The van der Waals surface area contributed by atoms with E-state index < -0.39 is 29.8 Å². The average Bonchev–Trinajstić information content (AvgIpc) is 2.95. The number of carbonyl (C=O) groups is 1. The van der Waals surface area contributed by atoms with Gasteiger partial charge in [0.1, 0.15) is 0 Å². The molecule has 1 N–H and O–H groups in total. The first-order chi connectivity index (χ1) is 11.3. The normalized spacial score (nSPS) is 27.0. The molecule has 3 rings (SSSR count). The summed E-state index contributed by atoms with van der Waals surface area (Å²) in [4.78, 5) is 14.8. The van der Waals surface area contributed by atoms with Crippen LogP contribution in [0.15, 0.2) is 30.3 Å². The molecule has 2 fully saturated rings. The van der Waals surface area contributed by atoms with E-state index in [1.54, 1.807) is 35.2 Å². The molecule has 0 spiro atoms. The fourth-order valence-electron chi connectivity index (χ4n) is 3.99. The summed E-state index contributed by atoms with van der Waals surface area (Å²) in [5, 5.41) is 11.4. The average molecular weight is 337 g/mol. The molecule has 1 amide bonds. The van der Waals surface area contributed by atoms with Crippen LogP contribution < -0.4 is 0 Å². The van der Waals surface area contributed by atoms with E-state index in [4.69, 9.17) is 0 Å². The maximum Gasteiger partial charge on any atom is 0.259 e. The number of likely N-dealkylation sites (tertiary alicyclic amines) is 1. The van der Waals surface area contributed by atoms with E-state index in [1.807, 2.05) is 0 Å². The van der Waals surface area contributed by atoms with E-state index in [2.05, 4.69) is 6.92 Å². The van der Waals surface area contributed by atoms with Gasteiger partial charge in [-0.15, -0.1) is 0 Å². The van der Waals surface area contributed by atoms with Crippen molar-refractivity contribution in [3.63, 3.8) is 0 Å². The topological polar surface area (TPSA) is 40.5 Å². The van der Waals surface area contributed by atoms with Crippen molar-refractivity contribution in [3.8, 4) is 0 Å². The second-order valence-electron chi connectivity index (χ2n) is 7.40. The maximum atomic E-state index is 13.8. The zero-order valence-electron chi connectivity index (χ0n) is 14.0. The van der Waals surface area contributed by atoms with Gasteiger partial charge < -0.3 is 10.0 Å². The van der Waals surface area contributed by atoms with Crippen LogP contribution in [0.5, 0.6) is 0 Å². The number of alkyl halides is 2. The molecule has 2 atom stereocenters. The number of halogens is 2. The molecule has 1 saturated carbocycles. The largest absolute Gasteiger partial charge is 0.375 e. The summed E-state index contributed by atoms with van der Waals surface area (Å²) in [6.07, 6.45) is 1.23. The summed E-state index contributed by atoms with van der Waals surface area (Å²) in [6, 6.07) is 8.60. The van der Waals surface area contributed by atoms with Crippen LogP contribution in [-0.2, 0) is 10.4 Å². The minimum Gasteiger partial charge on any atom is -0.375 e. The predicted molar refractivity (Wildman–Crippen MR) is 87.6 cm³/mol. The summed E-state index contributed by atoms with van der Waals surface area (Å²) in [6.45, 7) is 3.30. The van der Waals surface area contributed by atoms with E-state index in [1.165, 1.54) is 0 Å². The molecular formula is C19H25F2NO2. The fourth-order valence-corrected chi connectivity index (χ4v) is 3.99. The molecule has 1 aromatic rings. The molecule has 132 valence electrons. The molecule has 24 heavy (non-hydrogen) atoms. The third-order valence-corrected chi connectivity index (χ3v) is 5.61. The molecule has 1 aromatic carbocycles. The van der Waals surface area contributed by atoms with E-state index in [-0.39, 0.29) is 12.8 Å². The van der Waals surface area contributed by atoms with E-state index >= 15 is 0 Å². The highest BCUT2D eigenvalue weighted by Gasteiger charge is 2.54. The Kier molecular flexibility index (Phi) is 4.65. The lowest BCUT2D eigenvalue weighted by atomic mass is 9.78. The quantitative estimate of drug-likeness (QED) is 0.916. The van der Waals surface area contributed by atoms with Gasteiger partial charge in [-0.3, -0.25) is 4.79 Å². The third kappa shape index (κ3) is 3.18. The molecule has 2 aliphatic rings. The van der Waals surface area contributed by atoms with Crippen LogP contribution in [0.3, 0.4) is 0 Å². The zero-order valence-corrected chi connectivity index (χ0v) is 14.0. The second-order valence-corrected chi connectivity index (χ2v) is 7.40. The van der Waals surface area contributed by atoms with Crippen LogP contribution in [0, 0.1) is 11.8 Å². The van der Waals surface area contributed by atoms with E-state index in [0.717, 1.165) is 12.8 Å². The number of benzene rings is 1. The smallest absolute Gasteiger partial charge is 0.259 e. The van der Waals surface area contributed by atoms with Crippen LogP contribution in [0.25, 0.3) is 0 Å². The molecule has 1 unspecified atom stereocenters. The van der Waals surface area contributed by atoms with Gasteiger partial charge in [-0.05, 0) is 30.7 Å². The first-order valence-corrected chi connectivity index (χ1v) is 8.78. The molecule has 0 bridgehead atoms. The van der Waals surface area contributed by atoms with Crippen LogP contribution in [0.2, 0.25) is 0 Å². The van der Waals surface area contributed by atoms with Crippen molar-refractivity contribution in [1.82, 2.24) is 4.90 Å². The standard InChI is InChI=1S/C19H25F2NO2/c1-14-8-11-22(12-9-14)17(23)19(24,15-5-3-2-4-6-15)16-7-10-18(20,21)13-16/h2-6,14,16,24H,7-13H2,1H3/t16-,19?/m1/s1. The number of aliphatic hydroxyl groups is 1. The Morgan fingerprint density at radius 3 is 2.38 bits per heavy atom. The second kappa shape index (κ2) is 6.43. The van der Waals surface area contributed by atoms with Gasteiger partial charge in [0.25, 0.3) is 5.91 Å². The number of hydrogen-bond donors (Lipinski definition) is 1. The van der Waals surface area contributed by atoms with Crippen LogP contribution in [0.1, 0.15) is 44.6 Å². The van der Waals surface area contributed by atoms with Gasteiger partial charge >= 0.3 is 0 Å². The molecule has 1 aliphatic carbocycles. The molecule has 3 nitrogen and oxygen atoms in total. The van der Waals surface area contributed by atoms with Gasteiger partial charge in [-0.2, -0.15) is 0 Å². The Morgan fingerprint density at radius 2 is 1.83 bits per heavy atom. The Balaban J connectivity index is 1.92. The SMILES string of the molecule is CC1CCN(C(=O)C(O)(c2ccccc2)[C@@H]2CCC(F)(F)C2)CC1. The summed E-state index contributed by atoms with van der Waals surface area (Å²) in [5.74, 6) is -3.41. The van der Waals surface area contributed by atoms with Gasteiger partial charge in [-0.1, -0.05) is 37.3 Å². The molecular weight excluding hydrogens is 312 g/mol. The highest BCUT2D eigenvalue weighted by Crippen LogP contribution is 2.48. The van der Waals surface area contributed by atoms with Crippen molar-refractivity contribution >= 4 is 5.91 Å². The van der Waals surface area contributed by atoms with Gasteiger partial charge in [-0.25, -0.2) is 8.78 Å². The Labute approximate surface area is 141 Å². The molecule has 0 aromatic heterocycles. The van der Waals surface area contributed by atoms with Gasteiger partial charge in [0.15, 0.2) is 5.60 Å². The fraction of sp³-hybridized carbons (Fsp3) is 0.632. The summed E-state index contributed by atoms with van der Waals surface area (Å²) < 4.78 is 27.5. The first-order valence-electron chi connectivity index (χ1n) is 8.78. The highest BCUT2D eigenvalue weighted by atomic mass is 19.3. The number of nitrogens with zero attached hydrogens (tertiary/aromatic N) is 1. The van der Waals surface area contributed by atoms with Crippen molar-refractivity contribution in [1.29, 1.82) is 0 Å². The molecule has 1 aliphatic heterocycles. The number of rotatable bonds is 3. The maximum absolute atomic E-state index is 13.8. The third-order valence-electron chi connectivity index (χ3n) is 5.61. The Bertz CT molecular complexity index is 584. The van der Waals surface area contributed by atoms with Crippen LogP contribution in [0.4, 0.5) is 8.78 Å². The Morgan fingerprint density at radius 1 is 1.21 bits per heavy atom. The summed E-state index contributed by atoms with van der Waals surface area (Å²) in [5.41, 5.74) is -1.43. The summed E-state index contributed by atoms with van der Waals surface area (Å²) in [7, 11) is 0. The lowest BCUT2D eigenvalue weighted by Crippen LogP contribution is -2.53. The van der Waals surface area contributed by atoms with Gasteiger partial charge in [0, 0.05) is 31.8 Å². The van der Waals surface area contributed by atoms with Crippen LogP contribution in [-0.4, -0.2) is 34.9 Å². The lowest BCUT2D eigenvalue weighted by Gasteiger charge is -2.40. The molecule has 1 heterocycles. The van der Waals surface area contributed by atoms with Crippen molar-refractivity contribution in [2.24, 2.45) is 11.8 Å². The predicted octanol–water partition coefficient (Wildman–Crippen LogP) is 3.57. The zero-order chi connectivity index (χ0) is 17.4. The minimum atomic E-state index is -2.80. The molecule has 5 heteroatoms. The van der Waals surface area contributed by atoms with Crippen molar-refractivity contribution in [2.45, 2.75) is 50.6 Å². The minimum absolute atomic E-state index is 0.161. The van der Waals surface area contributed by atoms with E-state index in [9.17, 15) is 18.7 Å². The Hall–Kier alpha value is -1.49. The van der Waals surface area contributed by atoms with Crippen molar-refractivity contribution in [3.05, 3.63) is 35.9 Å². The van der Waals surface area contributed by atoms with Crippen molar-refractivity contribution in [2.75, 3.05) is 13.1 Å². The summed E-state index contributed by atoms with van der Waals surface area (Å²) >= 11 is 0.